The minimum absolute atomic E-state index is 0.0144. The molecule has 0 saturated carbocycles. The van der Waals surface area contributed by atoms with Gasteiger partial charge in [-0.15, -0.1) is 0 Å². The van der Waals surface area contributed by atoms with Gasteiger partial charge in [-0.2, -0.15) is 4.89 Å². The van der Waals surface area contributed by atoms with Crippen molar-refractivity contribution < 1.29 is 19.2 Å². The van der Waals surface area contributed by atoms with Crippen LogP contribution in [0.1, 0.15) is 71.0 Å². The van der Waals surface area contributed by atoms with E-state index in [4.69, 9.17) is 19.2 Å². The summed E-state index contributed by atoms with van der Waals surface area (Å²) in [5.74, 6) is 1.72. The van der Waals surface area contributed by atoms with E-state index in [0.29, 0.717) is 5.75 Å². The van der Waals surface area contributed by atoms with E-state index in [1.165, 1.54) is 40.7 Å². The van der Waals surface area contributed by atoms with Crippen molar-refractivity contribution in [3.8, 4) is 11.5 Å². The van der Waals surface area contributed by atoms with E-state index in [9.17, 15) is 0 Å². The quantitative estimate of drug-likeness (QED) is 0.136. The Hall–Kier alpha value is -4.38. The molecule has 0 radical (unpaired) electrons. The molecule has 4 nitrogen and oxygen atoms in total. The van der Waals surface area contributed by atoms with Gasteiger partial charge in [0.2, 0.25) is 6.29 Å². The van der Waals surface area contributed by atoms with Gasteiger partial charge in [0, 0.05) is 11.5 Å². The van der Waals surface area contributed by atoms with Crippen molar-refractivity contribution in [3.05, 3.63) is 149 Å². The molecule has 0 amide bonds. The first-order valence-corrected chi connectivity index (χ1v) is 16.7. The number of benzene rings is 5. The first kappa shape index (κ1) is 29.1. The van der Waals surface area contributed by atoms with Crippen molar-refractivity contribution in [3.63, 3.8) is 0 Å². The summed E-state index contributed by atoms with van der Waals surface area (Å²) < 4.78 is 14.2. The number of fused-ring (bicyclic) bond motifs is 8. The molecule has 0 fully saturated rings. The molecule has 0 aromatic heterocycles. The largest absolute Gasteiger partial charge is 0.464 e. The van der Waals surface area contributed by atoms with Gasteiger partial charge in [0.1, 0.15) is 12.4 Å². The van der Waals surface area contributed by atoms with Gasteiger partial charge in [-0.3, -0.25) is 0 Å². The summed E-state index contributed by atoms with van der Waals surface area (Å²) in [4.78, 5) is 12.1. The predicted molar refractivity (Wildman–Crippen MR) is 183 cm³/mol. The van der Waals surface area contributed by atoms with Gasteiger partial charge in [0.25, 0.3) is 0 Å². The molecule has 4 heteroatoms. The van der Waals surface area contributed by atoms with E-state index < -0.39 is 11.7 Å². The van der Waals surface area contributed by atoms with Crippen molar-refractivity contribution in [2.45, 2.75) is 69.2 Å². The lowest BCUT2D eigenvalue weighted by molar-refractivity contribution is -0.247. The molecule has 232 valence electrons. The van der Waals surface area contributed by atoms with Gasteiger partial charge in [-0.1, -0.05) is 91.5 Å². The van der Waals surface area contributed by atoms with Crippen LogP contribution < -0.4 is 9.62 Å². The molecule has 5 aromatic carbocycles. The van der Waals surface area contributed by atoms with Crippen molar-refractivity contribution in [1.82, 2.24) is 0 Å². The Balaban J connectivity index is 1.15. The first-order chi connectivity index (χ1) is 22.6. The molecule has 46 heavy (non-hydrogen) atoms. The maximum atomic E-state index is 7.18. The summed E-state index contributed by atoms with van der Waals surface area (Å²) in [5.41, 5.74) is 8.56. The van der Waals surface area contributed by atoms with Crippen LogP contribution in [0.2, 0.25) is 0 Å². The Morgan fingerprint density at radius 1 is 0.826 bits per heavy atom. The number of aryl methyl sites for hydroxylation is 2. The van der Waals surface area contributed by atoms with E-state index in [2.05, 4.69) is 92.4 Å². The molecular weight excluding hydrogens is 568 g/mol. The highest BCUT2D eigenvalue weighted by molar-refractivity contribution is 5.85. The third-order valence-electron chi connectivity index (χ3n) is 10.4. The van der Waals surface area contributed by atoms with Gasteiger partial charge < -0.3 is 14.4 Å². The Morgan fingerprint density at radius 3 is 2.52 bits per heavy atom. The van der Waals surface area contributed by atoms with E-state index in [0.717, 1.165) is 53.3 Å². The van der Waals surface area contributed by atoms with E-state index in [1.807, 2.05) is 30.3 Å². The molecule has 5 aromatic rings. The van der Waals surface area contributed by atoms with Crippen LogP contribution in [-0.2, 0) is 34.3 Å². The van der Waals surface area contributed by atoms with E-state index in [1.54, 1.807) is 0 Å². The lowest BCUT2D eigenvalue weighted by Crippen LogP contribution is -2.48. The van der Waals surface area contributed by atoms with Gasteiger partial charge in [0.05, 0.1) is 11.5 Å². The molecule has 0 N–H and O–H groups in total. The summed E-state index contributed by atoms with van der Waals surface area (Å²) in [7, 11) is 0. The highest BCUT2D eigenvalue weighted by Gasteiger charge is 2.47. The van der Waals surface area contributed by atoms with Crippen LogP contribution in [0.4, 0.5) is 0 Å². The van der Waals surface area contributed by atoms with Crippen LogP contribution in [0.25, 0.3) is 16.8 Å². The Morgan fingerprint density at radius 2 is 1.63 bits per heavy atom. The van der Waals surface area contributed by atoms with Crippen molar-refractivity contribution >= 4 is 16.8 Å². The molecule has 0 bridgehead atoms. The van der Waals surface area contributed by atoms with Crippen molar-refractivity contribution in [1.29, 1.82) is 0 Å². The van der Waals surface area contributed by atoms with Crippen LogP contribution in [0.5, 0.6) is 11.5 Å². The summed E-state index contributed by atoms with van der Waals surface area (Å²) >= 11 is 0. The second kappa shape index (κ2) is 12.1. The molecule has 1 aliphatic heterocycles. The van der Waals surface area contributed by atoms with Crippen LogP contribution in [0, 0.1) is 0 Å². The molecule has 0 spiro atoms. The number of hydrogen-bond acceptors (Lipinski definition) is 4. The van der Waals surface area contributed by atoms with E-state index >= 15 is 0 Å². The fourth-order valence-electron chi connectivity index (χ4n) is 7.83. The number of rotatable bonds is 7. The average molecular weight is 609 g/mol. The second-order valence-corrected chi connectivity index (χ2v) is 13.3. The monoisotopic (exact) mass is 608 g/mol. The molecule has 3 aliphatic rings. The topological polar surface area (TPSA) is 36.9 Å². The van der Waals surface area contributed by atoms with Gasteiger partial charge in [-0.05, 0) is 114 Å². The van der Waals surface area contributed by atoms with E-state index in [-0.39, 0.29) is 18.6 Å². The number of ether oxygens (including phenoxy) is 2. The predicted octanol–water partition coefficient (Wildman–Crippen LogP) is 9.51. The molecule has 0 saturated heterocycles. The van der Waals surface area contributed by atoms with Crippen molar-refractivity contribution in [2.75, 3.05) is 6.61 Å². The Kier molecular flexibility index (Phi) is 7.64. The van der Waals surface area contributed by atoms with Crippen LogP contribution in [-0.4, -0.2) is 19.0 Å². The third kappa shape index (κ3) is 5.20. The summed E-state index contributed by atoms with van der Waals surface area (Å²) in [6.07, 6.45) is 7.86. The molecule has 1 heterocycles. The molecule has 2 aliphatic carbocycles. The standard InChI is InChI=1S/C42H40O4/c1-3-28-17-18-32-26-34(22-19-31(32)25-28)46-43-27-42(2,33-13-5-4-6-14-33)41-44-37-23-20-29-11-7-9-15-35(29)39(37)40-36-16-10-8-12-30(36)21-24-38(40)45-41/h3-7,9,11,13-15,17-19,21-22,24-26,37,39,41H,1,8,10,12,16,20,23,27H2,2H3/t37?,39-,41?,42-/m0/s1. The van der Waals surface area contributed by atoms with Crippen LogP contribution in [0.3, 0.4) is 0 Å². The van der Waals surface area contributed by atoms with Crippen molar-refractivity contribution in [2.24, 2.45) is 0 Å². The van der Waals surface area contributed by atoms with Crippen LogP contribution in [0.15, 0.2) is 110 Å². The summed E-state index contributed by atoms with van der Waals surface area (Å²) in [5, 5.41) is 2.21. The third-order valence-corrected chi connectivity index (χ3v) is 10.4. The summed E-state index contributed by atoms with van der Waals surface area (Å²) in [6.45, 7) is 6.30. The first-order valence-electron chi connectivity index (χ1n) is 16.7. The zero-order valence-corrected chi connectivity index (χ0v) is 26.4. The zero-order valence-electron chi connectivity index (χ0n) is 26.4. The average Bonchev–Trinajstić information content (AvgIpc) is 3.29. The normalized spacial score (nSPS) is 21.4. The fourth-order valence-corrected chi connectivity index (χ4v) is 7.83. The molecular formula is C42H40O4. The Labute approximate surface area is 271 Å². The smallest absolute Gasteiger partial charge is 0.212 e. The van der Waals surface area contributed by atoms with Crippen LogP contribution >= 0.6 is 0 Å². The highest BCUT2D eigenvalue weighted by Crippen LogP contribution is 2.50. The van der Waals surface area contributed by atoms with Gasteiger partial charge in [0.15, 0.2) is 5.75 Å². The highest BCUT2D eigenvalue weighted by atomic mass is 17.2. The molecule has 2 unspecified atom stereocenters. The molecule has 4 atom stereocenters. The molecule has 8 rings (SSSR count). The minimum atomic E-state index is -0.671. The SMILES string of the molecule is C=Cc1ccc2cc(OOC[C@@](C)(c3ccccc3)C3Oc4ccc5c(c4[C@H]4c6ccccc6CCC4O3)CCCC5)ccc2c1. The zero-order chi connectivity index (χ0) is 31.1. The van der Waals surface area contributed by atoms with Gasteiger partial charge in [-0.25, -0.2) is 0 Å². The minimum Gasteiger partial charge on any atom is -0.464 e. The fraction of sp³-hybridized carbons (Fsp3) is 0.286. The Bertz CT molecular complexity index is 1900. The maximum Gasteiger partial charge on any atom is 0.212 e. The second-order valence-electron chi connectivity index (χ2n) is 13.3. The number of hydrogen-bond donors (Lipinski definition) is 0. The summed E-state index contributed by atoms with van der Waals surface area (Å²) in [6, 6.07) is 36.1. The lowest BCUT2D eigenvalue weighted by Gasteiger charge is -2.39. The maximum absolute atomic E-state index is 7.18. The lowest BCUT2D eigenvalue weighted by atomic mass is 9.73. The van der Waals surface area contributed by atoms with Gasteiger partial charge >= 0.3 is 0 Å².